The number of hydrogen-bond donors (Lipinski definition) is 0. The van der Waals surface area contributed by atoms with Crippen molar-refractivity contribution in [1.29, 1.82) is 0 Å². The van der Waals surface area contributed by atoms with Crippen LogP contribution in [-0.4, -0.2) is 34.2 Å². The van der Waals surface area contributed by atoms with Gasteiger partial charge in [0.15, 0.2) is 0 Å². The SMILES string of the molecule is COc1cccc(-c2c(C(=O)N3CCCC4CCCC=C43)cnn2C)c1. The van der Waals surface area contributed by atoms with E-state index in [1.807, 2.05) is 36.2 Å². The molecule has 26 heavy (non-hydrogen) atoms. The van der Waals surface area contributed by atoms with Crippen LogP contribution in [0.1, 0.15) is 42.5 Å². The number of piperidine rings is 1. The van der Waals surface area contributed by atoms with E-state index in [4.69, 9.17) is 4.74 Å². The number of carbonyl (C=O) groups is 1. The normalized spacial score (nSPS) is 19.7. The highest BCUT2D eigenvalue weighted by atomic mass is 16.5. The average Bonchev–Trinajstić information content (AvgIpc) is 3.08. The Bertz CT molecular complexity index is 853. The number of allylic oxidation sites excluding steroid dienone is 2. The van der Waals surface area contributed by atoms with Gasteiger partial charge in [0.25, 0.3) is 5.91 Å². The van der Waals surface area contributed by atoms with Crippen LogP contribution in [0.4, 0.5) is 0 Å². The molecular weight excluding hydrogens is 326 g/mol. The van der Waals surface area contributed by atoms with Gasteiger partial charge in [0.2, 0.25) is 0 Å². The molecule has 2 aliphatic rings. The number of ether oxygens (including phenoxy) is 1. The van der Waals surface area contributed by atoms with Crippen LogP contribution < -0.4 is 4.74 Å². The van der Waals surface area contributed by atoms with Gasteiger partial charge in [-0.2, -0.15) is 5.10 Å². The van der Waals surface area contributed by atoms with Crippen LogP contribution in [0.15, 0.2) is 42.2 Å². The largest absolute Gasteiger partial charge is 0.497 e. The third-order valence-corrected chi connectivity index (χ3v) is 5.53. The molecule has 2 aromatic rings. The van der Waals surface area contributed by atoms with Gasteiger partial charge in [-0.05, 0) is 50.2 Å². The lowest BCUT2D eigenvalue weighted by atomic mass is 9.84. The number of rotatable bonds is 3. The van der Waals surface area contributed by atoms with Gasteiger partial charge in [0.1, 0.15) is 5.75 Å². The topological polar surface area (TPSA) is 47.4 Å². The van der Waals surface area contributed by atoms with Gasteiger partial charge in [-0.25, -0.2) is 0 Å². The predicted octanol–water partition coefficient (Wildman–Crippen LogP) is 4.02. The second-order valence-corrected chi connectivity index (χ2v) is 7.12. The summed E-state index contributed by atoms with van der Waals surface area (Å²) in [6.07, 6.45) is 9.75. The van der Waals surface area contributed by atoms with Crippen molar-refractivity contribution in [3.05, 3.63) is 47.8 Å². The summed E-state index contributed by atoms with van der Waals surface area (Å²) in [7, 11) is 3.53. The molecule has 136 valence electrons. The Balaban J connectivity index is 1.72. The van der Waals surface area contributed by atoms with Gasteiger partial charge < -0.3 is 9.64 Å². The molecule has 0 spiro atoms. The van der Waals surface area contributed by atoms with Crippen molar-refractivity contribution in [3.8, 4) is 17.0 Å². The van der Waals surface area contributed by atoms with Crippen molar-refractivity contribution in [2.24, 2.45) is 13.0 Å². The van der Waals surface area contributed by atoms with Gasteiger partial charge in [0, 0.05) is 24.9 Å². The maximum absolute atomic E-state index is 13.4. The molecule has 5 nitrogen and oxygen atoms in total. The first-order chi connectivity index (χ1) is 12.7. The zero-order valence-corrected chi connectivity index (χ0v) is 15.4. The first kappa shape index (κ1) is 16.9. The fraction of sp³-hybridized carbons (Fsp3) is 0.429. The average molecular weight is 351 g/mol. The minimum atomic E-state index is 0.0637. The summed E-state index contributed by atoms with van der Waals surface area (Å²) in [5, 5.41) is 4.38. The third-order valence-electron chi connectivity index (χ3n) is 5.53. The van der Waals surface area contributed by atoms with E-state index >= 15 is 0 Å². The molecule has 1 amide bonds. The minimum Gasteiger partial charge on any atom is -0.497 e. The lowest BCUT2D eigenvalue weighted by molar-refractivity contribution is 0.0749. The van der Waals surface area contributed by atoms with Gasteiger partial charge in [-0.15, -0.1) is 0 Å². The summed E-state index contributed by atoms with van der Waals surface area (Å²) in [5.41, 5.74) is 3.67. The smallest absolute Gasteiger partial charge is 0.261 e. The Morgan fingerprint density at radius 2 is 2.12 bits per heavy atom. The van der Waals surface area contributed by atoms with E-state index in [-0.39, 0.29) is 5.91 Å². The van der Waals surface area contributed by atoms with Crippen molar-refractivity contribution in [3.63, 3.8) is 0 Å². The highest BCUT2D eigenvalue weighted by Crippen LogP contribution is 2.37. The molecule has 1 aliphatic carbocycles. The summed E-state index contributed by atoms with van der Waals surface area (Å²) in [4.78, 5) is 15.4. The number of likely N-dealkylation sites (tertiary alicyclic amines) is 1. The standard InChI is InChI=1S/C21H25N3O2/c1-23-20(16-8-5-10-17(13-16)26-2)18(14-22-23)21(25)24-12-6-9-15-7-3-4-11-19(15)24/h5,8,10-11,13-15H,3-4,6-7,9,12H2,1-2H3. The Labute approximate surface area is 154 Å². The number of hydrogen-bond acceptors (Lipinski definition) is 3. The van der Waals surface area contributed by atoms with Crippen molar-refractivity contribution in [1.82, 2.24) is 14.7 Å². The maximum Gasteiger partial charge on any atom is 0.261 e. The highest BCUT2D eigenvalue weighted by molar-refractivity contribution is 6.01. The number of fused-ring (bicyclic) bond motifs is 1. The van der Waals surface area contributed by atoms with Crippen LogP contribution in [-0.2, 0) is 7.05 Å². The Morgan fingerprint density at radius 1 is 1.27 bits per heavy atom. The fourth-order valence-corrected chi connectivity index (χ4v) is 4.25. The van der Waals surface area contributed by atoms with E-state index in [9.17, 15) is 4.79 Å². The quantitative estimate of drug-likeness (QED) is 0.839. The van der Waals surface area contributed by atoms with Crippen molar-refractivity contribution >= 4 is 5.91 Å². The molecule has 4 rings (SSSR count). The molecular formula is C21H25N3O2. The van der Waals surface area contributed by atoms with Gasteiger partial charge in [0.05, 0.1) is 24.6 Å². The van der Waals surface area contributed by atoms with Crippen LogP contribution in [0, 0.1) is 5.92 Å². The summed E-state index contributed by atoms with van der Waals surface area (Å²) >= 11 is 0. The number of benzene rings is 1. The summed E-state index contributed by atoms with van der Waals surface area (Å²) in [6, 6.07) is 7.79. The molecule has 1 atom stereocenters. The molecule has 1 aromatic heterocycles. The summed E-state index contributed by atoms with van der Waals surface area (Å²) in [6.45, 7) is 0.799. The molecule has 1 unspecified atom stereocenters. The van der Waals surface area contributed by atoms with E-state index in [1.54, 1.807) is 18.0 Å². The van der Waals surface area contributed by atoms with Crippen LogP contribution >= 0.6 is 0 Å². The lowest BCUT2D eigenvalue weighted by Gasteiger charge is -2.38. The monoisotopic (exact) mass is 351 g/mol. The molecule has 0 saturated carbocycles. The van der Waals surface area contributed by atoms with Crippen LogP contribution in [0.25, 0.3) is 11.3 Å². The number of methoxy groups -OCH3 is 1. The zero-order valence-electron chi connectivity index (χ0n) is 15.4. The molecule has 0 N–H and O–H groups in total. The Hall–Kier alpha value is -2.56. The number of nitrogens with zero attached hydrogens (tertiary/aromatic N) is 3. The van der Waals surface area contributed by atoms with Gasteiger partial charge in [-0.1, -0.05) is 18.2 Å². The molecule has 1 saturated heterocycles. The molecule has 0 bridgehead atoms. The summed E-state index contributed by atoms with van der Waals surface area (Å²) in [5.74, 6) is 1.38. The van der Waals surface area contributed by atoms with Crippen molar-refractivity contribution < 1.29 is 9.53 Å². The van der Waals surface area contributed by atoms with E-state index < -0.39 is 0 Å². The van der Waals surface area contributed by atoms with Crippen LogP contribution in [0.3, 0.4) is 0 Å². The minimum absolute atomic E-state index is 0.0637. The Kier molecular flexibility index (Phi) is 4.53. The predicted molar refractivity (Wildman–Crippen MR) is 101 cm³/mol. The highest BCUT2D eigenvalue weighted by Gasteiger charge is 2.32. The van der Waals surface area contributed by atoms with E-state index in [0.717, 1.165) is 36.4 Å². The molecule has 1 fully saturated rings. The fourth-order valence-electron chi connectivity index (χ4n) is 4.25. The second kappa shape index (κ2) is 6.98. The number of aryl methyl sites for hydroxylation is 1. The summed E-state index contributed by atoms with van der Waals surface area (Å²) < 4.78 is 7.12. The first-order valence-corrected chi connectivity index (χ1v) is 9.37. The maximum atomic E-state index is 13.4. The van der Waals surface area contributed by atoms with E-state index in [0.29, 0.717) is 11.5 Å². The molecule has 1 aliphatic heterocycles. The molecule has 5 heteroatoms. The van der Waals surface area contributed by atoms with Crippen molar-refractivity contribution in [2.75, 3.05) is 13.7 Å². The second-order valence-electron chi connectivity index (χ2n) is 7.12. The van der Waals surface area contributed by atoms with Crippen molar-refractivity contribution in [2.45, 2.75) is 32.1 Å². The Morgan fingerprint density at radius 3 is 2.96 bits per heavy atom. The van der Waals surface area contributed by atoms with Gasteiger partial charge >= 0.3 is 0 Å². The first-order valence-electron chi connectivity index (χ1n) is 9.37. The van der Waals surface area contributed by atoms with E-state index in [1.165, 1.54) is 25.0 Å². The van der Waals surface area contributed by atoms with Crippen LogP contribution in [0.2, 0.25) is 0 Å². The zero-order chi connectivity index (χ0) is 18.1. The molecule has 0 radical (unpaired) electrons. The molecule has 2 heterocycles. The number of carbonyl (C=O) groups excluding carboxylic acids is 1. The van der Waals surface area contributed by atoms with E-state index in [2.05, 4.69) is 11.2 Å². The molecule has 1 aromatic carbocycles. The lowest BCUT2D eigenvalue weighted by Crippen LogP contribution is -2.39. The van der Waals surface area contributed by atoms with Gasteiger partial charge in [-0.3, -0.25) is 9.48 Å². The van der Waals surface area contributed by atoms with Crippen LogP contribution in [0.5, 0.6) is 5.75 Å². The third kappa shape index (κ3) is 2.91. The number of aromatic nitrogens is 2. The number of amides is 1.